The van der Waals surface area contributed by atoms with E-state index in [2.05, 4.69) is 21.8 Å². The van der Waals surface area contributed by atoms with Gasteiger partial charge in [-0.05, 0) is 55.7 Å². The van der Waals surface area contributed by atoms with Gasteiger partial charge in [0.25, 0.3) is 5.91 Å². The van der Waals surface area contributed by atoms with Gasteiger partial charge in [0.1, 0.15) is 5.82 Å². The fraction of sp³-hybridized carbons (Fsp3) is 0.333. The molecule has 0 aliphatic carbocycles. The average Bonchev–Trinajstić information content (AvgIpc) is 3.40. The first-order valence-electron chi connectivity index (χ1n) is 10.6. The summed E-state index contributed by atoms with van der Waals surface area (Å²) in [6, 6.07) is 16.1. The molecule has 1 atom stereocenters. The van der Waals surface area contributed by atoms with E-state index in [0.717, 1.165) is 65.7 Å². The van der Waals surface area contributed by atoms with Gasteiger partial charge in [-0.15, -0.1) is 0 Å². The van der Waals surface area contributed by atoms with Gasteiger partial charge in [0.2, 0.25) is 0 Å². The van der Waals surface area contributed by atoms with Crippen LogP contribution in [-0.2, 0) is 11.3 Å². The Kier molecular flexibility index (Phi) is 5.01. The maximum Gasteiger partial charge on any atom is 0.254 e. The first-order chi connectivity index (χ1) is 14.7. The van der Waals surface area contributed by atoms with Crippen LogP contribution in [0.3, 0.4) is 0 Å². The Morgan fingerprint density at radius 3 is 2.97 bits per heavy atom. The molecule has 4 aromatic rings. The van der Waals surface area contributed by atoms with Crippen LogP contribution in [0.2, 0.25) is 0 Å². The summed E-state index contributed by atoms with van der Waals surface area (Å²) in [5.41, 5.74) is 3.82. The van der Waals surface area contributed by atoms with Crippen molar-refractivity contribution < 1.29 is 9.53 Å². The predicted octanol–water partition coefficient (Wildman–Crippen LogP) is 4.53. The molecule has 30 heavy (non-hydrogen) atoms. The summed E-state index contributed by atoms with van der Waals surface area (Å²) in [5, 5.41) is 1.08. The molecule has 6 heteroatoms. The zero-order valence-corrected chi connectivity index (χ0v) is 17.2. The molecule has 5 rings (SSSR count). The number of aromatic amines is 1. The molecule has 2 aromatic heterocycles. The minimum Gasteiger partial charge on any atom is -0.383 e. The number of carbonyl (C=O) groups excluding carboxylic acids is 1. The van der Waals surface area contributed by atoms with Crippen molar-refractivity contribution in [3.63, 3.8) is 0 Å². The normalized spacial score (nSPS) is 17.1. The van der Waals surface area contributed by atoms with Crippen LogP contribution in [-0.4, -0.2) is 45.6 Å². The lowest BCUT2D eigenvalue weighted by atomic mass is 10.00. The summed E-state index contributed by atoms with van der Waals surface area (Å²) in [7, 11) is 1.71. The van der Waals surface area contributed by atoms with Gasteiger partial charge in [-0.2, -0.15) is 0 Å². The second kappa shape index (κ2) is 7.95. The zero-order valence-electron chi connectivity index (χ0n) is 17.2. The van der Waals surface area contributed by atoms with Gasteiger partial charge >= 0.3 is 0 Å². The highest BCUT2D eigenvalue weighted by atomic mass is 16.5. The lowest BCUT2D eigenvalue weighted by Gasteiger charge is -2.34. The molecule has 1 fully saturated rings. The Labute approximate surface area is 175 Å². The first-order valence-corrected chi connectivity index (χ1v) is 10.6. The number of nitrogens with one attached hydrogen (secondary N) is 1. The molecule has 0 bridgehead atoms. The molecule has 0 spiro atoms. The quantitative estimate of drug-likeness (QED) is 0.533. The van der Waals surface area contributed by atoms with Crippen LogP contribution in [0.4, 0.5) is 0 Å². The van der Waals surface area contributed by atoms with Gasteiger partial charge in [0.15, 0.2) is 0 Å². The van der Waals surface area contributed by atoms with Gasteiger partial charge in [-0.25, -0.2) is 4.98 Å². The first kappa shape index (κ1) is 18.9. The van der Waals surface area contributed by atoms with Gasteiger partial charge in [0, 0.05) is 42.9 Å². The van der Waals surface area contributed by atoms with E-state index in [9.17, 15) is 4.79 Å². The number of H-pyrrole nitrogens is 1. The number of likely N-dealkylation sites (tertiary alicyclic amines) is 1. The highest BCUT2D eigenvalue weighted by Crippen LogP contribution is 2.32. The third-order valence-electron chi connectivity index (χ3n) is 6.04. The van der Waals surface area contributed by atoms with Crippen LogP contribution in [0.5, 0.6) is 0 Å². The number of para-hydroxylation sites is 2. The van der Waals surface area contributed by atoms with Crippen molar-refractivity contribution >= 4 is 27.8 Å². The van der Waals surface area contributed by atoms with E-state index >= 15 is 0 Å². The number of hydrogen-bond donors (Lipinski definition) is 1. The van der Waals surface area contributed by atoms with Gasteiger partial charge < -0.3 is 19.2 Å². The number of methoxy groups -OCH3 is 1. The van der Waals surface area contributed by atoms with E-state index in [1.807, 2.05) is 47.4 Å². The molecule has 1 amide bonds. The van der Waals surface area contributed by atoms with E-state index in [1.54, 1.807) is 7.11 Å². The fourth-order valence-corrected chi connectivity index (χ4v) is 4.47. The number of carbonyl (C=O) groups is 1. The zero-order chi connectivity index (χ0) is 20.5. The molecular formula is C24H26N4O2. The number of ether oxygens (including phenoxy) is 1. The molecule has 0 unspecified atom stereocenters. The van der Waals surface area contributed by atoms with E-state index in [1.165, 1.54) is 0 Å². The van der Waals surface area contributed by atoms with Crippen LogP contribution in [0.15, 0.2) is 54.7 Å². The number of piperidine rings is 1. The van der Waals surface area contributed by atoms with Crippen molar-refractivity contribution in [2.45, 2.75) is 31.8 Å². The van der Waals surface area contributed by atoms with Crippen molar-refractivity contribution in [2.24, 2.45) is 0 Å². The van der Waals surface area contributed by atoms with Crippen LogP contribution < -0.4 is 0 Å². The smallest absolute Gasteiger partial charge is 0.254 e. The SMILES string of the molecule is COCCn1ccc2cc(C(=O)N3CCCC[C@H]3c3nc4ccccc4[nH]3)ccc21. The molecule has 3 heterocycles. The fourth-order valence-electron chi connectivity index (χ4n) is 4.47. The Hall–Kier alpha value is -3.12. The van der Waals surface area contributed by atoms with Gasteiger partial charge in [-0.1, -0.05) is 12.1 Å². The largest absolute Gasteiger partial charge is 0.383 e. The van der Waals surface area contributed by atoms with Crippen molar-refractivity contribution in [2.75, 3.05) is 20.3 Å². The monoisotopic (exact) mass is 402 g/mol. The van der Waals surface area contributed by atoms with Crippen molar-refractivity contribution in [1.29, 1.82) is 0 Å². The third-order valence-corrected chi connectivity index (χ3v) is 6.04. The van der Waals surface area contributed by atoms with Gasteiger partial charge in [0.05, 0.1) is 23.7 Å². The summed E-state index contributed by atoms with van der Waals surface area (Å²) >= 11 is 0. The van der Waals surface area contributed by atoms with E-state index in [0.29, 0.717) is 6.61 Å². The second-order valence-corrected chi connectivity index (χ2v) is 7.92. The summed E-state index contributed by atoms with van der Waals surface area (Å²) < 4.78 is 7.35. The molecule has 1 N–H and O–H groups in total. The molecule has 6 nitrogen and oxygen atoms in total. The Bertz CT molecular complexity index is 1160. The number of rotatable bonds is 5. The maximum atomic E-state index is 13.5. The topological polar surface area (TPSA) is 63.1 Å². The highest BCUT2D eigenvalue weighted by Gasteiger charge is 2.31. The number of fused-ring (bicyclic) bond motifs is 2. The average molecular weight is 402 g/mol. The minimum atomic E-state index is -0.0133. The lowest BCUT2D eigenvalue weighted by molar-refractivity contribution is 0.0601. The molecule has 2 aromatic carbocycles. The summed E-state index contributed by atoms with van der Waals surface area (Å²) in [6.45, 7) is 2.22. The lowest BCUT2D eigenvalue weighted by Crippen LogP contribution is -2.39. The molecule has 1 aliphatic rings. The third kappa shape index (κ3) is 3.37. The van der Waals surface area contributed by atoms with Crippen LogP contribution >= 0.6 is 0 Å². The number of nitrogens with zero attached hydrogens (tertiary/aromatic N) is 3. The number of hydrogen-bond acceptors (Lipinski definition) is 3. The van der Waals surface area contributed by atoms with Crippen molar-refractivity contribution in [3.05, 3.63) is 66.1 Å². The van der Waals surface area contributed by atoms with Crippen LogP contribution in [0, 0.1) is 0 Å². The number of benzene rings is 2. The standard InChI is InChI=1S/C24H26N4O2/c1-30-15-14-27-13-11-17-16-18(9-10-21(17)27)24(29)28-12-5-4-8-22(28)23-25-19-6-2-3-7-20(19)26-23/h2-3,6-7,9-11,13,16,22H,4-5,8,12,14-15H2,1H3,(H,25,26)/t22-/m0/s1. The van der Waals surface area contributed by atoms with E-state index in [4.69, 9.17) is 9.72 Å². The summed E-state index contributed by atoms with van der Waals surface area (Å²) in [5.74, 6) is 0.961. The van der Waals surface area contributed by atoms with Crippen molar-refractivity contribution in [1.82, 2.24) is 19.4 Å². The van der Waals surface area contributed by atoms with Crippen LogP contribution in [0.25, 0.3) is 21.9 Å². The molecule has 1 saturated heterocycles. The molecule has 1 aliphatic heterocycles. The Morgan fingerprint density at radius 2 is 2.10 bits per heavy atom. The minimum absolute atomic E-state index is 0.0133. The molecule has 0 saturated carbocycles. The van der Waals surface area contributed by atoms with E-state index < -0.39 is 0 Å². The Balaban J connectivity index is 1.44. The highest BCUT2D eigenvalue weighted by molar-refractivity contribution is 5.98. The van der Waals surface area contributed by atoms with Gasteiger partial charge in [-0.3, -0.25) is 4.79 Å². The summed E-state index contributed by atoms with van der Waals surface area (Å²) in [6.07, 6.45) is 5.11. The number of aromatic nitrogens is 3. The number of imidazole rings is 1. The summed E-state index contributed by atoms with van der Waals surface area (Å²) in [4.78, 5) is 23.7. The molecular weight excluding hydrogens is 376 g/mol. The van der Waals surface area contributed by atoms with E-state index in [-0.39, 0.29) is 11.9 Å². The van der Waals surface area contributed by atoms with Crippen LogP contribution in [0.1, 0.15) is 41.5 Å². The van der Waals surface area contributed by atoms with Crippen molar-refractivity contribution in [3.8, 4) is 0 Å². The Morgan fingerprint density at radius 1 is 1.20 bits per heavy atom. The molecule has 0 radical (unpaired) electrons. The predicted molar refractivity (Wildman–Crippen MR) is 118 cm³/mol. The second-order valence-electron chi connectivity index (χ2n) is 7.92. The maximum absolute atomic E-state index is 13.5. The molecule has 154 valence electrons. The number of amides is 1.